The fourth-order valence-corrected chi connectivity index (χ4v) is 4.95. The number of aromatic amines is 1. The van der Waals surface area contributed by atoms with Crippen molar-refractivity contribution in [3.63, 3.8) is 0 Å². The van der Waals surface area contributed by atoms with Crippen LogP contribution in [-0.4, -0.2) is 26.3 Å². The monoisotopic (exact) mass is 349 g/mol. The van der Waals surface area contributed by atoms with Gasteiger partial charge in [-0.1, -0.05) is 49.6 Å². The standard InChI is InChI=1S/C20H23N5O/c1-24-17-15(12-21-24)18(26)23-19(22-17)25-13-20(10-6-3-7-11-20)16(25)14-8-4-2-5-9-14/h2,4-5,8-9,12,16H,3,6-7,10-11,13H2,1H3,(H,22,23,26). The summed E-state index contributed by atoms with van der Waals surface area (Å²) in [6.07, 6.45) is 8.00. The molecule has 1 aliphatic carbocycles. The predicted molar refractivity (Wildman–Crippen MR) is 101 cm³/mol. The van der Waals surface area contributed by atoms with Crippen LogP contribution in [0.25, 0.3) is 11.0 Å². The number of hydrogen-bond acceptors (Lipinski definition) is 4. The van der Waals surface area contributed by atoms with Crippen molar-refractivity contribution >= 4 is 17.0 Å². The van der Waals surface area contributed by atoms with Crippen molar-refractivity contribution in [1.82, 2.24) is 19.7 Å². The van der Waals surface area contributed by atoms with E-state index < -0.39 is 0 Å². The third-order valence-corrected chi connectivity index (χ3v) is 6.20. The van der Waals surface area contributed by atoms with Crippen LogP contribution in [0.3, 0.4) is 0 Å². The van der Waals surface area contributed by atoms with Crippen LogP contribution in [-0.2, 0) is 7.05 Å². The van der Waals surface area contributed by atoms with E-state index in [2.05, 4.69) is 45.3 Å². The molecule has 5 rings (SSSR count). The first kappa shape index (κ1) is 15.6. The summed E-state index contributed by atoms with van der Waals surface area (Å²) in [5.41, 5.74) is 2.14. The molecule has 1 unspecified atom stereocenters. The summed E-state index contributed by atoms with van der Waals surface area (Å²) in [6, 6.07) is 10.9. The summed E-state index contributed by atoms with van der Waals surface area (Å²) < 4.78 is 1.67. The second-order valence-corrected chi connectivity index (χ2v) is 7.76. The molecule has 1 N–H and O–H groups in total. The van der Waals surface area contributed by atoms with Crippen LogP contribution in [0.1, 0.15) is 43.7 Å². The molecule has 1 saturated heterocycles. The topological polar surface area (TPSA) is 66.8 Å². The Morgan fingerprint density at radius 1 is 1.15 bits per heavy atom. The Balaban J connectivity index is 1.60. The van der Waals surface area contributed by atoms with Gasteiger partial charge in [-0.25, -0.2) is 0 Å². The van der Waals surface area contributed by atoms with Gasteiger partial charge in [-0.2, -0.15) is 10.1 Å². The molecule has 134 valence electrons. The van der Waals surface area contributed by atoms with Gasteiger partial charge >= 0.3 is 0 Å². The molecule has 2 fully saturated rings. The van der Waals surface area contributed by atoms with E-state index in [1.165, 1.54) is 37.7 Å². The van der Waals surface area contributed by atoms with Crippen molar-refractivity contribution in [2.75, 3.05) is 11.4 Å². The number of aromatic nitrogens is 4. The highest BCUT2D eigenvalue weighted by molar-refractivity contribution is 5.74. The van der Waals surface area contributed by atoms with Crippen molar-refractivity contribution in [1.29, 1.82) is 0 Å². The first-order valence-electron chi connectivity index (χ1n) is 9.42. The first-order chi connectivity index (χ1) is 12.7. The van der Waals surface area contributed by atoms with Gasteiger partial charge < -0.3 is 4.90 Å². The van der Waals surface area contributed by atoms with E-state index in [0.717, 1.165) is 6.54 Å². The number of anilines is 1. The smallest absolute Gasteiger partial charge is 0.263 e. The number of H-pyrrole nitrogens is 1. The number of hydrogen-bond donors (Lipinski definition) is 1. The molecule has 3 aromatic rings. The van der Waals surface area contributed by atoms with Crippen LogP contribution in [0.15, 0.2) is 41.3 Å². The fourth-order valence-electron chi connectivity index (χ4n) is 4.95. The lowest BCUT2D eigenvalue weighted by molar-refractivity contribution is 0.0713. The normalized spacial score (nSPS) is 21.9. The van der Waals surface area contributed by atoms with Crippen LogP contribution in [0.4, 0.5) is 5.95 Å². The van der Waals surface area contributed by atoms with E-state index in [0.29, 0.717) is 22.4 Å². The maximum Gasteiger partial charge on any atom is 0.263 e. The number of aryl methyl sites for hydroxylation is 1. The SMILES string of the molecule is Cn1ncc2c(=O)[nH]c(N3CC4(CCCCC4)C3c3ccccc3)nc21. The van der Waals surface area contributed by atoms with E-state index >= 15 is 0 Å². The Morgan fingerprint density at radius 3 is 2.69 bits per heavy atom. The zero-order chi connectivity index (χ0) is 17.7. The van der Waals surface area contributed by atoms with E-state index in [-0.39, 0.29) is 11.6 Å². The largest absolute Gasteiger partial charge is 0.334 e. The lowest BCUT2D eigenvalue weighted by Crippen LogP contribution is -2.60. The van der Waals surface area contributed by atoms with Gasteiger partial charge in [0.2, 0.25) is 5.95 Å². The van der Waals surface area contributed by atoms with Crippen molar-refractivity contribution in [2.24, 2.45) is 12.5 Å². The molecule has 1 spiro atoms. The van der Waals surface area contributed by atoms with Crippen LogP contribution < -0.4 is 10.5 Å². The molecule has 0 radical (unpaired) electrons. The molecule has 1 atom stereocenters. The summed E-state index contributed by atoms with van der Waals surface area (Å²) in [7, 11) is 1.83. The zero-order valence-electron chi connectivity index (χ0n) is 15.0. The molecular formula is C20H23N5O. The Morgan fingerprint density at radius 2 is 1.92 bits per heavy atom. The molecule has 2 aromatic heterocycles. The quantitative estimate of drug-likeness (QED) is 0.772. The van der Waals surface area contributed by atoms with E-state index in [9.17, 15) is 4.79 Å². The molecule has 2 aliphatic rings. The number of fused-ring (bicyclic) bond motifs is 1. The van der Waals surface area contributed by atoms with Crippen LogP contribution in [0, 0.1) is 5.41 Å². The second-order valence-electron chi connectivity index (χ2n) is 7.76. The lowest BCUT2D eigenvalue weighted by Gasteiger charge is -2.59. The Bertz CT molecular complexity index is 1000. The molecular weight excluding hydrogens is 326 g/mol. The van der Waals surface area contributed by atoms with Gasteiger partial charge in [-0.3, -0.25) is 14.5 Å². The third-order valence-electron chi connectivity index (χ3n) is 6.20. The average Bonchev–Trinajstić information content (AvgIpc) is 3.03. The number of rotatable bonds is 2. The first-order valence-corrected chi connectivity index (χ1v) is 9.42. The van der Waals surface area contributed by atoms with Crippen LogP contribution in [0.5, 0.6) is 0 Å². The molecule has 1 aromatic carbocycles. The maximum atomic E-state index is 12.5. The van der Waals surface area contributed by atoms with E-state index in [1.807, 2.05) is 7.05 Å². The zero-order valence-corrected chi connectivity index (χ0v) is 15.0. The van der Waals surface area contributed by atoms with Crippen LogP contribution >= 0.6 is 0 Å². The molecule has 6 nitrogen and oxygen atoms in total. The van der Waals surface area contributed by atoms with E-state index in [1.54, 1.807) is 10.9 Å². The summed E-state index contributed by atoms with van der Waals surface area (Å²) in [4.78, 5) is 22.5. The van der Waals surface area contributed by atoms with Crippen LogP contribution in [0.2, 0.25) is 0 Å². The summed E-state index contributed by atoms with van der Waals surface area (Å²) in [5.74, 6) is 0.663. The fraction of sp³-hybridized carbons (Fsp3) is 0.450. The second kappa shape index (κ2) is 5.69. The van der Waals surface area contributed by atoms with Crippen molar-refractivity contribution in [3.8, 4) is 0 Å². The van der Waals surface area contributed by atoms with Crippen molar-refractivity contribution in [2.45, 2.75) is 38.1 Å². The maximum absolute atomic E-state index is 12.5. The molecule has 0 amide bonds. The Kier molecular flexibility index (Phi) is 3.42. The number of benzene rings is 1. The average molecular weight is 349 g/mol. The highest BCUT2D eigenvalue weighted by Crippen LogP contribution is 2.57. The molecule has 6 heteroatoms. The lowest BCUT2D eigenvalue weighted by atomic mass is 9.61. The molecule has 1 saturated carbocycles. The highest BCUT2D eigenvalue weighted by atomic mass is 16.1. The minimum absolute atomic E-state index is 0.116. The predicted octanol–water partition coefficient (Wildman–Crippen LogP) is 3.17. The van der Waals surface area contributed by atoms with Gasteiger partial charge in [-0.05, 0) is 18.4 Å². The third kappa shape index (κ3) is 2.21. The molecule has 26 heavy (non-hydrogen) atoms. The summed E-state index contributed by atoms with van der Waals surface area (Å²) >= 11 is 0. The number of nitrogens with one attached hydrogen (secondary N) is 1. The highest BCUT2D eigenvalue weighted by Gasteiger charge is 2.54. The molecule has 1 aliphatic heterocycles. The van der Waals surface area contributed by atoms with Crippen molar-refractivity contribution in [3.05, 3.63) is 52.4 Å². The minimum atomic E-state index is -0.116. The molecule has 3 heterocycles. The molecule has 0 bridgehead atoms. The van der Waals surface area contributed by atoms with Gasteiger partial charge in [0.15, 0.2) is 5.65 Å². The summed E-state index contributed by atoms with van der Waals surface area (Å²) in [6.45, 7) is 0.957. The van der Waals surface area contributed by atoms with Crippen molar-refractivity contribution < 1.29 is 0 Å². The number of nitrogens with zero attached hydrogens (tertiary/aromatic N) is 4. The van der Waals surface area contributed by atoms with Gasteiger partial charge in [0, 0.05) is 19.0 Å². The van der Waals surface area contributed by atoms with Gasteiger partial charge in [0.25, 0.3) is 5.56 Å². The Labute approximate surface area is 151 Å². The summed E-state index contributed by atoms with van der Waals surface area (Å²) in [5, 5.41) is 4.72. The minimum Gasteiger partial charge on any atom is -0.334 e. The Hall–Kier alpha value is -2.63. The van der Waals surface area contributed by atoms with Gasteiger partial charge in [-0.15, -0.1) is 0 Å². The van der Waals surface area contributed by atoms with Gasteiger partial charge in [0.05, 0.1) is 12.2 Å². The van der Waals surface area contributed by atoms with Gasteiger partial charge in [0.1, 0.15) is 5.39 Å². The van der Waals surface area contributed by atoms with E-state index in [4.69, 9.17) is 4.98 Å².